The Hall–Kier alpha value is -3.17. The molecule has 0 bridgehead atoms. The zero-order chi connectivity index (χ0) is 20.8. The average molecular weight is 419 g/mol. The van der Waals surface area contributed by atoms with Gasteiger partial charge in [0.05, 0.1) is 5.92 Å². The van der Waals surface area contributed by atoms with Crippen LogP contribution in [0.1, 0.15) is 46.4 Å². The van der Waals surface area contributed by atoms with Crippen LogP contribution < -0.4 is 4.74 Å². The van der Waals surface area contributed by atoms with Gasteiger partial charge in [0.25, 0.3) is 0 Å². The van der Waals surface area contributed by atoms with Crippen molar-refractivity contribution in [3.8, 4) is 22.9 Å². The van der Waals surface area contributed by atoms with Crippen molar-refractivity contribution in [2.24, 2.45) is 5.92 Å². The second kappa shape index (κ2) is 7.26. The van der Waals surface area contributed by atoms with Gasteiger partial charge in [0, 0.05) is 11.1 Å². The first kappa shape index (κ1) is 18.8. The summed E-state index contributed by atoms with van der Waals surface area (Å²) in [7, 11) is 0. The molecule has 150 valence electrons. The SMILES string of the molecule is N#Cc1sccc1-c1ccc(F)c2c1CC[C@H]2Oc1ccc([C@H]2C[C@@H]2C(=O)O)cc1. The van der Waals surface area contributed by atoms with Crippen molar-refractivity contribution in [1.82, 2.24) is 0 Å². The van der Waals surface area contributed by atoms with Crippen LogP contribution in [0.15, 0.2) is 47.8 Å². The quantitative estimate of drug-likeness (QED) is 0.578. The molecule has 0 aliphatic heterocycles. The predicted molar refractivity (Wildman–Crippen MR) is 111 cm³/mol. The summed E-state index contributed by atoms with van der Waals surface area (Å²) >= 11 is 1.39. The number of nitrogens with zero attached hydrogens (tertiary/aromatic N) is 1. The summed E-state index contributed by atoms with van der Waals surface area (Å²) in [6, 6.07) is 14.8. The van der Waals surface area contributed by atoms with Crippen molar-refractivity contribution in [2.45, 2.75) is 31.3 Å². The molecule has 5 rings (SSSR count). The summed E-state index contributed by atoms with van der Waals surface area (Å²) in [5, 5.41) is 20.3. The molecule has 0 amide bonds. The van der Waals surface area contributed by atoms with Crippen LogP contribution in [0, 0.1) is 23.1 Å². The Morgan fingerprint density at radius 1 is 1.17 bits per heavy atom. The minimum Gasteiger partial charge on any atom is -0.486 e. The molecule has 1 saturated carbocycles. The Labute approximate surface area is 177 Å². The van der Waals surface area contributed by atoms with E-state index in [1.807, 2.05) is 35.7 Å². The molecule has 4 nitrogen and oxygen atoms in total. The number of thiophene rings is 1. The van der Waals surface area contributed by atoms with Gasteiger partial charge in [-0.2, -0.15) is 5.26 Å². The van der Waals surface area contributed by atoms with Crippen LogP contribution in [0.5, 0.6) is 5.75 Å². The minimum atomic E-state index is -0.751. The van der Waals surface area contributed by atoms with E-state index in [1.54, 1.807) is 6.07 Å². The van der Waals surface area contributed by atoms with Crippen molar-refractivity contribution in [1.29, 1.82) is 5.26 Å². The Kier molecular flexibility index (Phi) is 4.56. The number of rotatable bonds is 5. The molecule has 0 spiro atoms. The van der Waals surface area contributed by atoms with E-state index in [4.69, 9.17) is 9.84 Å². The Bertz CT molecular complexity index is 1180. The fraction of sp³-hybridized carbons (Fsp3) is 0.250. The fourth-order valence-corrected chi connectivity index (χ4v) is 5.14. The number of hydrogen-bond donors (Lipinski definition) is 1. The first-order chi connectivity index (χ1) is 14.6. The number of ether oxygens (including phenoxy) is 1. The molecule has 0 radical (unpaired) electrons. The van der Waals surface area contributed by atoms with Crippen LogP contribution in [0.2, 0.25) is 0 Å². The molecular formula is C24H18FNO3S. The number of fused-ring (bicyclic) bond motifs is 1. The van der Waals surface area contributed by atoms with Crippen LogP contribution in [0.3, 0.4) is 0 Å². The van der Waals surface area contributed by atoms with E-state index in [9.17, 15) is 14.4 Å². The summed E-state index contributed by atoms with van der Waals surface area (Å²) in [6.45, 7) is 0. The van der Waals surface area contributed by atoms with E-state index < -0.39 is 5.97 Å². The highest BCUT2D eigenvalue weighted by Gasteiger charge is 2.44. The predicted octanol–water partition coefficient (Wildman–Crippen LogP) is 5.68. The second-order valence-electron chi connectivity index (χ2n) is 7.76. The largest absolute Gasteiger partial charge is 0.486 e. The third-order valence-electron chi connectivity index (χ3n) is 6.03. The molecule has 3 atom stereocenters. The minimum absolute atomic E-state index is 0.0729. The van der Waals surface area contributed by atoms with Gasteiger partial charge in [-0.25, -0.2) is 4.39 Å². The molecule has 1 N–H and O–H groups in total. The summed E-state index contributed by atoms with van der Waals surface area (Å²) in [5.41, 5.74) is 4.23. The topological polar surface area (TPSA) is 70.3 Å². The summed E-state index contributed by atoms with van der Waals surface area (Å²) < 4.78 is 20.9. The standard InChI is InChI=1S/C24H18FNO3S/c25-20-7-5-15(16-9-10-30-22(16)12-26)17-6-8-21(23(17)20)29-14-3-1-13(2-4-14)18-11-19(18)24(27)28/h1-5,7,9-10,18-19,21H,6,8,11H2,(H,27,28)/t18-,19+,21-/m1/s1. The maximum absolute atomic E-state index is 14.7. The van der Waals surface area contributed by atoms with E-state index in [0.717, 1.165) is 22.3 Å². The van der Waals surface area contributed by atoms with Gasteiger partial charge in [0.2, 0.25) is 0 Å². The second-order valence-corrected chi connectivity index (χ2v) is 8.68. The van der Waals surface area contributed by atoms with Gasteiger partial charge in [-0.3, -0.25) is 4.79 Å². The molecule has 1 aromatic heterocycles. The van der Waals surface area contributed by atoms with E-state index in [-0.39, 0.29) is 23.8 Å². The van der Waals surface area contributed by atoms with Gasteiger partial charge < -0.3 is 9.84 Å². The average Bonchev–Trinajstić information content (AvgIpc) is 3.22. The van der Waals surface area contributed by atoms with E-state index in [0.29, 0.717) is 35.5 Å². The number of carboxylic acids is 1. The van der Waals surface area contributed by atoms with Crippen LogP contribution in [-0.2, 0) is 11.2 Å². The molecule has 2 aromatic carbocycles. The molecule has 2 aliphatic carbocycles. The fourth-order valence-electron chi connectivity index (χ4n) is 4.45. The molecule has 3 aromatic rings. The Morgan fingerprint density at radius 3 is 2.67 bits per heavy atom. The maximum Gasteiger partial charge on any atom is 0.307 e. The lowest BCUT2D eigenvalue weighted by molar-refractivity contribution is -0.138. The number of carboxylic acid groups (broad SMARTS) is 1. The lowest BCUT2D eigenvalue weighted by Crippen LogP contribution is -2.06. The summed E-state index contributed by atoms with van der Waals surface area (Å²) in [5.74, 6) is -0.615. The van der Waals surface area contributed by atoms with Crippen molar-refractivity contribution in [2.75, 3.05) is 0 Å². The Morgan fingerprint density at radius 2 is 1.97 bits per heavy atom. The number of nitriles is 1. The molecular weight excluding hydrogens is 401 g/mol. The Balaban J connectivity index is 1.40. The van der Waals surface area contributed by atoms with Gasteiger partial charge in [0.1, 0.15) is 28.6 Å². The summed E-state index contributed by atoms with van der Waals surface area (Å²) in [4.78, 5) is 11.7. The first-order valence-corrected chi connectivity index (χ1v) is 10.7. The zero-order valence-corrected chi connectivity index (χ0v) is 16.8. The number of hydrogen-bond acceptors (Lipinski definition) is 4. The van der Waals surface area contributed by atoms with E-state index in [2.05, 4.69) is 6.07 Å². The van der Waals surface area contributed by atoms with Crippen LogP contribution in [0.4, 0.5) is 4.39 Å². The lowest BCUT2D eigenvalue weighted by Gasteiger charge is -2.17. The highest BCUT2D eigenvalue weighted by molar-refractivity contribution is 7.11. The van der Waals surface area contributed by atoms with Crippen LogP contribution >= 0.6 is 11.3 Å². The number of aliphatic carboxylic acids is 1. The van der Waals surface area contributed by atoms with Crippen LogP contribution in [0.25, 0.3) is 11.1 Å². The molecule has 6 heteroatoms. The number of halogens is 1. The normalized spacial score (nSPS) is 21.7. The van der Waals surface area contributed by atoms with Gasteiger partial charge >= 0.3 is 5.97 Å². The van der Waals surface area contributed by atoms with Gasteiger partial charge in [0.15, 0.2) is 0 Å². The highest BCUT2D eigenvalue weighted by Crippen LogP contribution is 2.48. The third kappa shape index (κ3) is 3.16. The smallest absolute Gasteiger partial charge is 0.307 e. The van der Waals surface area contributed by atoms with E-state index in [1.165, 1.54) is 17.4 Å². The molecule has 2 aliphatic rings. The molecule has 1 heterocycles. The first-order valence-electron chi connectivity index (χ1n) is 9.85. The van der Waals surface area contributed by atoms with Gasteiger partial charge in [-0.1, -0.05) is 18.2 Å². The van der Waals surface area contributed by atoms with Crippen molar-refractivity contribution in [3.63, 3.8) is 0 Å². The monoisotopic (exact) mass is 419 g/mol. The maximum atomic E-state index is 14.7. The van der Waals surface area contributed by atoms with Crippen LogP contribution in [-0.4, -0.2) is 11.1 Å². The van der Waals surface area contributed by atoms with Gasteiger partial charge in [-0.15, -0.1) is 11.3 Å². The molecule has 0 unspecified atom stereocenters. The number of carbonyl (C=O) groups is 1. The van der Waals surface area contributed by atoms with Crippen molar-refractivity contribution < 1.29 is 19.0 Å². The zero-order valence-electron chi connectivity index (χ0n) is 16.0. The third-order valence-corrected chi connectivity index (χ3v) is 6.85. The van der Waals surface area contributed by atoms with Crippen molar-refractivity contribution in [3.05, 3.63) is 75.2 Å². The highest BCUT2D eigenvalue weighted by atomic mass is 32.1. The lowest BCUT2D eigenvalue weighted by atomic mass is 9.96. The van der Waals surface area contributed by atoms with E-state index >= 15 is 0 Å². The van der Waals surface area contributed by atoms with Crippen molar-refractivity contribution >= 4 is 17.3 Å². The summed E-state index contributed by atoms with van der Waals surface area (Å²) in [6.07, 6.45) is 1.64. The van der Waals surface area contributed by atoms with Gasteiger partial charge in [-0.05, 0) is 71.5 Å². The molecule has 1 fully saturated rings. The number of benzene rings is 2. The molecule has 30 heavy (non-hydrogen) atoms. The molecule has 0 saturated heterocycles.